The van der Waals surface area contributed by atoms with Crippen molar-refractivity contribution in [2.24, 2.45) is 5.41 Å². The molecule has 1 saturated heterocycles. The summed E-state index contributed by atoms with van der Waals surface area (Å²) in [5.74, 6) is 0.122. The second-order valence-electron chi connectivity index (χ2n) is 5.05. The predicted octanol–water partition coefficient (Wildman–Crippen LogP) is 0.821. The highest BCUT2D eigenvalue weighted by Crippen LogP contribution is 2.44. The van der Waals surface area contributed by atoms with Crippen LogP contribution in [0.3, 0.4) is 0 Å². The van der Waals surface area contributed by atoms with E-state index in [-0.39, 0.29) is 5.91 Å². The van der Waals surface area contributed by atoms with E-state index >= 15 is 0 Å². The molecule has 0 bridgehead atoms. The van der Waals surface area contributed by atoms with E-state index in [1.807, 2.05) is 6.92 Å². The van der Waals surface area contributed by atoms with Crippen LogP contribution in [0.5, 0.6) is 0 Å². The molecule has 1 saturated carbocycles. The highest BCUT2D eigenvalue weighted by molar-refractivity contribution is 5.94. The van der Waals surface area contributed by atoms with Gasteiger partial charge in [-0.3, -0.25) is 4.79 Å². The minimum atomic E-state index is 0.122. The van der Waals surface area contributed by atoms with Crippen molar-refractivity contribution in [3.8, 4) is 0 Å². The number of rotatable bonds is 2. The minimum Gasteiger partial charge on any atom is -0.349 e. The van der Waals surface area contributed by atoms with Crippen LogP contribution in [-0.2, 0) is 4.79 Å². The molecule has 2 fully saturated rings. The van der Waals surface area contributed by atoms with Gasteiger partial charge in [-0.05, 0) is 24.3 Å². The monoisotopic (exact) mass is 194 g/mol. The third-order valence-corrected chi connectivity index (χ3v) is 3.37. The third-order valence-electron chi connectivity index (χ3n) is 3.37. The fourth-order valence-electron chi connectivity index (χ4n) is 1.66. The lowest BCUT2D eigenvalue weighted by atomic mass is 10.0. The first-order valence-electron chi connectivity index (χ1n) is 5.21. The van der Waals surface area contributed by atoms with E-state index in [1.54, 1.807) is 0 Å². The molecule has 3 nitrogen and oxygen atoms in total. The zero-order valence-corrected chi connectivity index (χ0v) is 9.11. The quantitative estimate of drug-likeness (QED) is 0.639. The average Bonchev–Trinajstić information content (AvgIpc) is 2.54. The van der Waals surface area contributed by atoms with Gasteiger partial charge in [0.2, 0.25) is 5.91 Å². The van der Waals surface area contributed by atoms with Gasteiger partial charge in [-0.1, -0.05) is 13.8 Å². The molecular formula is C11H18N2O. The molecule has 78 valence electrons. The first kappa shape index (κ1) is 9.71. The topological polar surface area (TPSA) is 41.1 Å². The smallest absolute Gasteiger partial charge is 0.247 e. The highest BCUT2D eigenvalue weighted by atomic mass is 16.1. The van der Waals surface area contributed by atoms with Gasteiger partial charge < -0.3 is 10.6 Å². The Kier molecular flexibility index (Phi) is 2.14. The van der Waals surface area contributed by atoms with E-state index in [4.69, 9.17) is 0 Å². The predicted molar refractivity (Wildman–Crippen MR) is 55.9 cm³/mol. The standard InChI is InChI=1S/C11H18N2O/c1-7(8-5-12-6-8)10(14)13-9-4-11(9,2)3/h9,12H,4-6H2,1-3H3,(H,13,14). The van der Waals surface area contributed by atoms with E-state index < -0.39 is 0 Å². The Bertz CT molecular complexity index is 298. The van der Waals surface area contributed by atoms with Crippen LogP contribution in [0.15, 0.2) is 11.1 Å². The maximum absolute atomic E-state index is 11.7. The molecule has 2 N–H and O–H groups in total. The van der Waals surface area contributed by atoms with Crippen molar-refractivity contribution < 1.29 is 4.79 Å². The Morgan fingerprint density at radius 1 is 1.50 bits per heavy atom. The summed E-state index contributed by atoms with van der Waals surface area (Å²) in [6.45, 7) is 8.05. The van der Waals surface area contributed by atoms with Crippen molar-refractivity contribution in [1.82, 2.24) is 10.6 Å². The van der Waals surface area contributed by atoms with Gasteiger partial charge in [0.15, 0.2) is 0 Å². The fourth-order valence-corrected chi connectivity index (χ4v) is 1.66. The normalized spacial score (nSPS) is 27.9. The Hall–Kier alpha value is -0.830. The number of hydrogen-bond donors (Lipinski definition) is 2. The van der Waals surface area contributed by atoms with Gasteiger partial charge in [0.05, 0.1) is 0 Å². The van der Waals surface area contributed by atoms with Gasteiger partial charge in [-0.25, -0.2) is 0 Å². The van der Waals surface area contributed by atoms with Gasteiger partial charge >= 0.3 is 0 Å². The summed E-state index contributed by atoms with van der Waals surface area (Å²) >= 11 is 0. The Morgan fingerprint density at radius 2 is 2.07 bits per heavy atom. The maximum Gasteiger partial charge on any atom is 0.247 e. The second kappa shape index (κ2) is 3.09. The largest absolute Gasteiger partial charge is 0.349 e. The number of hydrogen-bond acceptors (Lipinski definition) is 2. The second-order valence-corrected chi connectivity index (χ2v) is 5.05. The summed E-state index contributed by atoms with van der Waals surface area (Å²) in [6, 6.07) is 0.388. The zero-order chi connectivity index (χ0) is 10.3. The van der Waals surface area contributed by atoms with Gasteiger partial charge in [-0.15, -0.1) is 0 Å². The van der Waals surface area contributed by atoms with Gasteiger partial charge in [0.25, 0.3) is 0 Å². The first-order chi connectivity index (χ1) is 6.50. The summed E-state index contributed by atoms with van der Waals surface area (Å²) in [6.07, 6.45) is 1.11. The van der Waals surface area contributed by atoms with Gasteiger partial charge in [-0.2, -0.15) is 0 Å². The zero-order valence-electron chi connectivity index (χ0n) is 9.11. The summed E-state index contributed by atoms with van der Waals surface area (Å²) in [4.78, 5) is 11.7. The summed E-state index contributed by atoms with van der Waals surface area (Å²) in [5.41, 5.74) is 2.48. The van der Waals surface area contributed by atoms with Crippen LogP contribution >= 0.6 is 0 Å². The van der Waals surface area contributed by atoms with Crippen molar-refractivity contribution in [3.05, 3.63) is 11.1 Å². The highest BCUT2D eigenvalue weighted by Gasteiger charge is 2.46. The Balaban J connectivity index is 1.90. The van der Waals surface area contributed by atoms with Crippen LogP contribution in [0, 0.1) is 5.41 Å². The summed E-state index contributed by atoms with van der Waals surface area (Å²) in [7, 11) is 0. The summed E-state index contributed by atoms with van der Waals surface area (Å²) < 4.78 is 0. The molecule has 2 rings (SSSR count). The maximum atomic E-state index is 11.7. The van der Waals surface area contributed by atoms with Crippen LogP contribution in [0.2, 0.25) is 0 Å². The molecule has 1 atom stereocenters. The number of nitrogens with one attached hydrogen (secondary N) is 2. The lowest BCUT2D eigenvalue weighted by Gasteiger charge is -2.21. The van der Waals surface area contributed by atoms with Gasteiger partial charge in [0.1, 0.15) is 0 Å². The van der Waals surface area contributed by atoms with Crippen LogP contribution < -0.4 is 10.6 Å². The van der Waals surface area contributed by atoms with Crippen molar-refractivity contribution in [3.63, 3.8) is 0 Å². The third kappa shape index (κ3) is 1.69. The molecule has 1 aliphatic heterocycles. The molecule has 0 aromatic heterocycles. The molecule has 0 radical (unpaired) electrons. The number of carbonyl (C=O) groups excluding carboxylic acids is 1. The van der Waals surface area contributed by atoms with E-state index in [1.165, 1.54) is 5.57 Å². The van der Waals surface area contributed by atoms with E-state index in [0.29, 0.717) is 11.5 Å². The van der Waals surface area contributed by atoms with Crippen molar-refractivity contribution in [2.45, 2.75) is 33.2 Å². The number of carbonyl (C=O) groups is 1. The van der Waals surface area contributed by atoms with Crippen LogP contribution in [0.25, 0.3) is 0 Å². The van der Waals surface area contributed by atoms with E-state index in [2.05, 4.69) is 24.5 Å². The van der Waals surface area contributed by atoms with Crippen LogP contribution in [0.4, 0.5) is 0 Å². The molecule has 1 unspecified atom stereocenters. The molecule has 3 heteroatoms. The average molecular weight is 194 g/mol. The molecule has 1 amide bonds. The molecule has 14 heavy (non-hydrogen) atoms. The van der Waals surface area contributed by atoms with Crippen LogP contribution in [-0.4, -0.2) is 25.0 Å². The van der Waals surface area contributed by atoms with Crippen molar-refractivity contribution in [1.29, 1.82) is 0 Å². The lowest BCUT2D eigenvalue weighted by molar-refractivity contribution is -0.117. The fraction of sp³-hybridized carbons (Fsp3) is 0.727. The molecule has 0 aromatic rings. The number of amides is 1. The first-order valence-corrected chi connectivity index (χ1v) is 5.21. The van der Waals surface area contributed by atoms with Crippen LogP contribution in [0.1, 0.15) is 27.2 Å². The minimum absolute atomic E-state index is 0.122. The SMILES string of the molecule is CC(C(=O)NC1CC1(C)C)=C1CNC1. The van der Waals surface area contributed by atoms with E-state index in [9.17, 15) is 4.79 Å². The molecule has 0 aromatic carbocycles. The van der Waals surface area contributed by atoms with Gasteiger partial charge in [0, 0.05) is 24.7 Å². The van der Waals surface area contributed by atoms with Crippen molar-refractivity contribution >= 4 is 5.91 Å². The molecule has 2 aliphatic rings. The molecule has 0 spiro atoms. The molecular weight excluding hydrogens is 176 g/mol. The Labute approximate surface area is 84.9 Å². The molecule has 1 aliphatic carbocycles. The summed E-state index contributed by atoms with van der Waals surface area (Å²) in [5, 5.41) is 6.21. The van der Waals surface area contributed by atoms with E-state index in [0.717, 1.165) is 25.1 Å². The Morgan fingerprint density at radius 3 is 2.43 bits per heavy atom. The molecule has 1 heterocycles. The lowest BCUT2D eigenvalue weighted by Crippen LogP contribution is -2.38. The van der Waals surface area contributed by atoms with Crippen molar-refractivity contribution in [2.75, 3.05) is 13.1 Å².